The van der Waals surface area contributed by atoms with Crippen LogP contribution in [0.2, 0.25) is 0 Å². The van der Waals surface area contributed by atoms with Crippen molar-refractivity contribution in [3.05, 3.63) is 66.5 Å². The van der Waals surface area contributed by atoms with Crippen LogP contribution in [0.4, 0.5) is 0 Å². The van der Waals surface area contributed by atoms with Crippen LogP contribution in [0.25, 0.3) is 17.1 Å². The van der Waals surface area contributed by atoms with Crippen LogP contribution < -0.4 is 5.32 Å². The summed E-state index contributed by atoms with van der Waals surface area (Å²) in [5, 5.41) is 7.41. The number of hydrogen-bond acceptors (Lipinski definition) is 6. The van der Waals surface area contributed by atoms with E-state index < -0.39 is 21.8 Å². The molecule has 1 aromatic heterocycles. The van der Waals surface area contributed by atoms with Crippen molar-refractivity contribution in [2.24, 2.45) is 0 Å². The lowest BCUT2D eigenvalue weighted by Gasteiger charge is -2.27. The highest BCUT2D eigenvalue weighted by atomic mass is 32.2. The summed E-state index contributed by atoms with van der Waals surface area (Å²) in [5.74, 6) is 0.154. The molecule has 3 aromatic rings. The Morgan fingerprint density at radius 1 is 0.938 bits per heavy atom. The number of sulfone groups is 1. The lowest BCUT2D eigenvalue weighted by atomic mass is 10.1. The van der Waals surface area contributed by atoms with Crippen molar-refractivity contribution in [2.75, 3.05) is 24.6 Å². The highest BCUT2D eigenvalue weighted by molar-refractivity contribution is 7.91. The maximum Gasteiger partial charge on any atom is 0.291 e. The molecule has 3 heterocycles. The van der Waals surface area contributed by atoms with Crippen LogP contribution in [0, 0.1) is 0 Å². The summed E-state index contributed by atoms with van der Waals surface area (Å²) in [6, 6.07) is 18.4. The van der Waals surface area contributed by atoms with Crippen LogP contribution >= 0.6 is 0 Å². The van der Waals surface area contributed by atoms with Gasteiger partial charge in [-0.25, -0.2) is 18.1 Å². The van der Waals surface area contributed by atoms with Crippen LogP contribution in [0.5, 0.6) is 0 Å². The highest BCUT2D eigenvalue weighted by Crippen LogP contribution is 2.24. The Morgan fingerprint density at radius 3 is 2.28 bits per heavy atom. The number of nitrogens with one attached hydrogen (secondary N) is 1. The van der Waals surface area contributed by atoms with Crippen LogP contribution in [0.3, 0.4) is 0 Å². The smallest absolute Gasteiger partial charge is 0.291 e. The SMILES string of the molecule is O=C(NC1CS(=O)(=O)CC1N1CCCC1)c1nc(-c2ccccc2)n(-c2ccccc2)n1. The third kappa shape index (κ3) is 4.18. The maximum absolute atomic E-state index is 13.1. The fraction of sp³-hybridized carbons (Fsp3) is 0.348. The van der Waals surface area contributed by atoms with Gasteiger partial charge in [0.15, 0.2) is 15.7 Å². The van der Waals surface area contributed by atoms with E-state index in [-0.39, 0.29) is 23.4 Å². The zero-order chi connectivity index (χ0) is 22.1. The number of carbonyl (C=O) groups is 1. The summed E-state index contributed by atoms with van der Waals surface area (Å²) in [5.41, 5.74) is 1.62. The number of likely N-dealkylation sites (tertiary alicyclic amines) is 1. The largest absolute Gasteiger partial charge is 0.344 e. The molecule has 0 bridgehead atoms. The molecule has 32 heavy (non-hydrogen) atoms. The summed E-state index contributed by atoms with van der Waals surface area (Å²) < 4.78 is 26.3. The Labute approximate surface area is 187 Å². The molecule has 1 amide bonds. The van der Waals surface area contributed by atoms with E-state index in [2.05, 4.69) is 20.3 Å². The number of amides is 1. The molecule has 0 saturated carbocycles. The molecule has 2 unspecified atom stereocenters. The molecule has 0 aliphatic carbocycles. The van der Waals surface area contributed by atoms with E-state index in [1.165, 1.54) is 0 Å². The van der Waals surface area contributed by atoms with Gasteiger partial charge in [-0.15, -0.1) is 5.10 Å². The van der Waals surface area contributed by atoms with Gasteiger partial charge in [0.05, 0.1) is 23.2 Å². The normalized spacial score (nSPS) is 22.8. The van der Waals surface area contributed by atoms with Gasteiger partial charge in [0, 0.05) is 11.6 Å². The number of benzene rings is 2. The van der Waals surface area contributed by atoms with E-state index in [0.29, 0.717) is 5.82 Å². The number of nitrogens with zero attached hydrogens (tertiary/aromatic N) is 4. The summed E-state index contributed by atoms with van der Waals surface area (Å²) in [7, 11) is -3.20. The van der Waals surface area contributed by atoms with Crippen molar-refractivity contribution in [3.63, 3.8) is 0 Å². The Hall–Kier alpha value is -3.04. The van der Waals surface area contributed by atoms with Crippen LogP contribution in [0.1, 0.15) is 23.5 Å². The first-order valence-corrected chi connectivity index (χ1v) is 12.7. The lowest BCUT2D eigenvalue weighted by Crippen LogP contribution is -2.50. The molecule has 2 atom stereocenters. The van der Waals surface area contributed by atoms with E-state index in [1.54, 1.807) is 4.68 Å². The number of aromatic nitrogens is 3. The van der Waals surface area contributed by atoms with Gasteiger partial charge in [-0.2, -0.15) is 0 Å². The topological polar surface area (TPSA) is 97.2 Å². The average Bonchev–Trinajstić information content (AvgIpc) is 3.53. The molecule has 2 aromatic carbocycles. The fourth-order valence-corrected chi connectivity index (χ4v) is 6.52. The molecule has 8 nitrogen and oxygen atoms in total. The fourth-order valence-electron chi connectivity index (χ4n) is 4.56. The number of hydrogen-bond donors (Lipinski definition) is 1. The Kier molecular flexibility index (Phi) is 5.52. The molecule has 2 aliphatic rings. The van der Waals surface area contributed by atoms with Gasteiger partial charge in [-0.05, 0) is 38.1 Å². The van der Waals surface area contributed by atoms with Crippen molar-refractivity contribution in [3.8, 4) is 17.1 Å². The van der Waals surface area contributed by atoms with Gasteiger partial charge in [0.25, 0.3) is 5.91 Å². The van der Waals surface area contributed by atoms with Gasteiger partial charge in [-0.1, -0.05) is 48.5 Å². The molecule has 9 heteroatoms. The average molecular weight is 452 g/mol. The lowest BCUT2D eigenvalue weighted by molar-refractivity contribution is 0.0908. The molecular weight excluding hydrogens is 426 g/mol. The number of rotatable bonds is 5. The number of para-hydroxylation sites is 1. The Morgan fingerprint density at radius 2 is 1.59 bits per heavy atom. The monoisotopic (exact) mass is 451 g/mol. The minimum atomic E-state index is -3.20. The molecular formula is C23H25N5O3S. The summed E-state index contributed by atoms with van der Waals surface area (Å²) in [4.78, 5) is 19.9. The highest BCUT2D eigenvalue weighted by Gasteiger charge is 2.42. The number of carbonyl (C=O) groups excluding carboxylic acids is 1. The van der Waals surface area contributed by atoms with Gasteiger partial charge in [0.2, 0.25) is 5.82 Å². The van der Waals surface area contributed by atoms with Gasteiger partial charge >= 0.3 is 0 Å². The third-order valence-electron chi connectivity index (χ3n) is 6.09. The molecule has 2 saturated heterocycles. The summed E-state index contributed by atoms with van der Waals surface area (Å²) >= 11 is 0. The first kappa shape index (κ1) is 20.8. The third-order valence-corrected chi connectivity index (χ3v) is 7.81. The van der Waals surface area contributed by atoms with Crippen molar-refractivity contribution in [2.45, 2.75) is 24.9 Å². The second-order valence-electron chi connectivity index (χ2n) is 8.34. The van der Waals surface area contributed by atoms with Crippen molar-refractivity contribution >= 4 is 15.7 Å². The standard InChI is InChI=1S/C23H25N5O3S/c29-23(24-19-15-32(30,31)16-20(19)27-13-7-8-14-27)21-25-22(17-9-3-1-4-10-17)28(26-21)18-11-5-2-6-12-18/h1-6,9-12,19-20H,7-8,13-16H2,(H,24,29). The van der Waals surface area contributed by atoms with E-state index in [0.717, 1.165) is 37.2 Å². The Bertz CT molecular complexity index is 1150. The van der Waals surface area contributed by atoms with Crippen molar-refractivity contribution in [1.29, 1.82) is 0 Å². The molecule has 1 N–H and O–H groups in total. The molecule has 2 fully saturated rings. The van der Waals surface area contributed by atoms with Crippen LogP contribution in [0.15, 0.2) is 60.7 Å². The Balaban J connectivity index is 1.45. The van der Waals surface area contributed by atoms with E-state index >= 15 is 0 Å². The summed E-state index contributed by atoms with van der Waals surface area (Å²) in [6.45, 7) is 1.73. The van der Waals surface area contributed by atoms with E-state index in [4.69, 9.17) is 0 Å². The zero-order valence-corrected chi connectivity index (χ0v) is 18.4. The van der Waals surface area contributed by atoms with Gasteiger partial charge in [-0.3, -0.25) is 9.69 Å². The second-order valence-corrected chi connectivity index (χ2v) is 10.5. The van der Waals surface area contributed by atoms with Crippen molar-refractivity contribution in [1.82, 2.24) is 25.0 Å². The van der Waals surface area contributed by atoms with Crippen LogP contribution in [-0.2, 0) is 9.84 Å². The van der Waals surface area contributed by atoms with E-state index in [1.807, 2.05) is 60.7 Å². The van der Waals surface area contributed by atoms with Gasteiger partial charge < -0.3 is 5.32 Å². The maximum atomic E-state index is 13.1. The minimum absolute atomic E-state index is 0.0252. The van der Waals surface area contributed by atoms with E-state index in [9.17, 15) is 13.2 Å². The predicted octanol–water partition coefficient (Wildman–Crippen LogP) is 1.93. The molecule has 0 spiro atoms. The van der Waals surface area contributed by atoms with Crippen molar-refractivity contribution < 1.29 is 13.2 Å². The molecule has 166 valence electrons. The molecule has 5 rings (SSSR count). The zero-order valence-electron chi connectivity index (χ0n) is 17.6. The first-order valence-electron chi connectivity index (χ1n) is 10.8. The predicted molar refractivity (Wildman–Crippen MR) is 121 cm³/mol. The first-order chi connectivity index (χ1) is 15.5. The molecule has 0 radical (unpaired) electrons. The quantitative estimate of drug-likeness (QED) is 0.637. The van der Waals surface area contributed by atoms with Crippen LogP contribution in [-0.4, -0.2) is 70.7 Å². The van der Waals surface area contributed by atoms with Gasteiger partial charge in [0.1, 0.15) is 0 Å². The minimum Gasteiger partial charge on any atom is -0.344 e. The molecule has 2 aliphatic heterocycles. The second kappa shape index (κ2) is 8.48. The summed E-state index contributed by atoms with van der Waals surface area (Å²) in [6.07, 6.45) is 2.11.